The molecule has 0 spiro atoms. The Balaban J connectivity index is 1.67. The van der Waals surface area contributed by atoms with Crippen LogP contribution in [0.5, 0.6) is 0 Å². The van der Waals surface area contributed by atoms with E-state index in [9.17, 15) is 4.79 Å². The standard InChI is InChI=1S/C21H27N3O3/c1-15(2)27-21(25)20-13-22-14-24(20)19-5-3-4-16-6-7-17(12-18(16)19)23-8-10-26-11-9-23/h6-7,12-15,19H,3-5,8-11H2,1-2H3. The van der Waals surface area contributed by atoms with Gasteiger partial charge in [-0.15, -0.1) is 0 Å². The lowest BCUT2D eigenvalue weighted by Crippen LogP contribution is -2.36. The Bertz CT molecular complexity index is 809. The maximum Gasteiger partial charge on any atom is 0.356 e. The molecule has 2 heterocycles. The number of hydrogen-bond donors (Lipinski definition) is 0. The van der Waals surface area contributed by atoms with Gasteiger partial charge in [-0.3, -0.25) is 0 Å². The van der Waals surface area contributed by atoms with Crippen molar-refractivity contribution in [2.24, 2.45) is 0 Å². The van der Waals surface area contributed by atoms with Crippen LogP contribution in [0.15, 0.2) is 30.7 Å². The van der Waals surface area contributed by atoms with Gasteiger partial charge in [0.05, 0.1) is 37.9 Å². The Kier molecular flexibility index (Phi) is 5.16. The largest absolute Gasteiger partial charge is 0.458 e. The van der Waals surface area contributed by atoms with Crippen molar-refractivity contribution >= 4 is 11.7 Å². The summed E-state index contributed by atoms with van der Waals surface area (Å²) in [6.07, 6.45) is 6.41. The van der Waals surface area contributed by atoms with E-state index in [0.29, 0.717) is 5.69 Å². The molecule has 4 rings (SSSR count). The molecule has 2 aromatic rings. The first kappa shape index (κ1) is 18.0. The highest BCUT2D eigenvalue weighted by atomic mass is 16.5. The summed E-state index contributed by atoms with van der Waals surface area (Å²) in [5.74, 6) is -0.307. The molecule has 0 radical (unpaired) electrons. The lowest BCUT2D eigenvalue weighted by Gasteiger charge is -2.32. The molecule has 0 saturated carbocycles. The smallest absolute Gasteiger partial charge is 0.356 e. The number of benzene rings is 1. The SMILES string of the molecule is CC(C)OC(=O)c1cncn1C1CCCc2ccc(N3CCOCC3)cc21. The van der Waals surface area contributed by atoms with Gasteiger partial charge in [0.15, 0.2) is 0 Å². The molecule has 1 aliphatic heterocycles. The van der Waals surface area contributed by atoms with Gasteiger partial charge in [0.1, 0.15) is 5.69 Å². The van der Waals surface area contributed by atoms with Gasteiger partial charge in [0.2, 0.25) is 0 Å². The van der Waals surface area contributed by atoms with E-state index >= 15 is 0 Å². The Labute approximate surface area is 160 Å². The lowest BCUT2D eigenvalue weighted by molar-refractivity contribution is 0.0363. The third-order valence-corrected chi connectivity index (χ3v) is 5.34. The average Bonchev–Trinajstić information content (AvgIpc) is 3.17. The highest BCUT2D eigenvalue weighted by Crippen LogP contribution is 2.36. The Morgan fingerprint density at radius 2 is 2.11 bits per heavy atom. The summed E-state index contributed by atoms with van der Waals surface area (Å²) in [7, 11) is 0. The number of anilines is 1. The number of carbonyl (C=O) groups is 1. The van der Waals surface area contributed by atoms with E-state index in [1.165, 1.54) is 16.8 Å². The number of morpholine rings is 1. The van der Waals surface area contributed by atoms with Crippen LogP contribution >= 0.6 is 0 Å². The summed E-state index contributed by atoms with van der Waals surface area (Å²) in [4.78, 5) is 19.1. The monoisotopic (exact) mass is 369 g/mol. The van der Waals surface area contributed by atoms with Crippen molar-refractivity contribution in [3.05, 3.63) is 47.5 Å². The molecule has 1 saturated heterocycles. The fourth-order valence-corrected chi connectivity index (χ4v) is 4.05. The van der Waals surface area contributed by atoms with E-state index in [0.717, 1.165) is 45.6 Å². The fourth-order valence-electron chi connectivity index (χ4n) is 4.05. The molecule has 6 nitrogen and oxygen atoms in total. The van der Waals surface area contributed by atoms with Crippen molar-refractivity contribution in [3.8, 4) is 0 Å². The van der Waals surface area contributed by atoms with E-state index < -0.39 is 0 Å². The van der Waals surface area contributed by atoms with Crippen LogP contribution in [0.2, 0.25) is 0 Å². The second-order valence-corrected chi connectivity index (χ2v) is 7.53. The number of rotatable bonds is 4. The number of hydrogen-bond acceptors (Lipinski definition) is 5. The first-order valence-corrected chi connectivity index (χ1v) is 9.82. The molecular weight excluding hydrogens is 342 g/mol. The summed E-state index contributed by atoms with van der Waals surface area (Å²) in [6, 6.07) is 6.87. The van der Waals surface area contributed by atoms with Crippen molar-refractivity contribution in [2.45, 2.75) is 45.3 Å². The number of aromatic nitrogens is 2. The predicted octanol–water partition coefficient (Wildman–Crippen LogP) is 3.21. The summed E-state index contributed by atoms with van der Waals surface area (Å²) in [6.45, 7) is 7.10. The normalized spacial score (nSPS) is 19.8. The molecule has 1 fully saturated rings. The molecule has 1 unspecified atom stereocenters. The topological polar surface area (TPSA) is 56.6 Å². The highest BCUT2D eigenvalue weighted by molar-refractivity contribution is 5.87. The fraction of sp³-hybridized carbons (Fsp3) is 0.524. The summed E-state index contributed by atoms with van der Waals surface area (Å²) in [5, 5.41) is 0. The van der Waals surface area contributed by atoms with Crippen LogP contribution in [-0.4, -0.2) is 47.9 Å². The first-order chi connectivity index (χ1) is 13.1. The van der Waals surface area contributed by atoms with Gasteiger partial charge in [0.25, 0.3) is 0 Å². The molecule has 1 aliphatic carbocycles. The number of ether oxygens (including phenoxy) is 2. The zero-order valence-electron chi connectivity index (χ0n) is 16.1. The Morgan fingerprint density at radius 3 is 2.89 bits per heavy atom. The molecule has 27 heavy (non-hydrogen) atoms. The molecule has 144 valence electrons. The Morgan fingerprint density at radius 1 is 1.30 bits per heavy atom. The molecule has 0 bridgehead atoms. The van der Waals surface area contributed by atoms with Crippen molar-refractivity contribution in [1.29, 1.82) is 0 Å². The van der Waals surface area contributed by atoms with Crippen LogP contribution in [0, 0.1) is 0 Å². The minimum absolute atomic E-state index is 0.118. The second kappa shape index (κ2) is 7.72. The molecule has 1 aromatic heterocycles. The van der Waals surface area contributed by atoms with E-state index in [4.69, 9.17) is 9.47 Å². The maximum absolute atomic E-state index is 12.5. The number of aryl methyl sites for hydroxylation is 1. The molecule has 2 aliphatic rings. The van der Waals surface area contributed by atoms with Crippen LogP contribution in [-0.2, 0) is 15.9 Å². The number of nitrogens with zero attached hydrogens (tertiary/aromatic N) is 3. The van der Waals surface area contributed by atoms with Crippen LogP contribution in [0.4, 0.5) is 5.69 Å². The third-order valence-electron chi connectivity index (χ3n) is 5.34. The molecule has 6 heteroatoms. The van der Waals surface area contributed by atoms with Gasteiger partial charge in [-0.25, -0.2) is 9.78 Å². The van der Waals surface area contributed by atoms with Crippen LogP contribution in [0.3, 0.4) is 0 Å². The van der Waals surface area contributed by atoms with Gasteiger partial charge in [-0.2, -0.15) is 0 Å². The minimum atomic E-state index is -0.307. The van der Waals surface area contributed by atoms with Crippen LogP contribution in [0.1, 0.15) is 54.3 Å². The molecule has 1 aromatic carbocycles. The average molecular weight is 369 g/mol. The molecular formula is C21H27N3O3. The maximum atomic E-state index is 12.5. The van der Waals surface area contributed by atoms with Crippen molar-refractivity contribution < 1.29 is 14.3 Å². The lowest BCUT2D eigenvalue weighted by atomic mass is 9.87. The van der Waals surface area contributed by atoms with Crippen LogP contribution in [0.25, 0.3) is 0 Å². The number of carbonyl (C=O) groups excluding carboxylic acids is 1. The van der Waals surface area contributed by atoms with Gasteiger partial charge in [-0.1, -0.05) is 6.07 Å². The van der Waals surface area contributed by atoms with Gasteiger partial charge >= 0.3 is 5.97 Å². The van der Waals surface area contributed by atoms with Crippen molar-refractivity contribution in [1.82, 2.24) is 9.55 Å². The van der Waals surface area contributed by atoms with E-state index in [1.807, 2.05) is 18.4 Å². The minimum Gasteiger partial charge on any atom is -0.458 e. The van der Waals surface area contributed by atoms with Gasteiger partial charge in [-0.05, 0) is 56.4 Å². The Hall–Kier alpha value is -2.34. The van der Waals surface area contributed by atoms with Crippen LogP contribution < -0.4 is 4.90 Å². The van der Waals surface area contributed by atoms with E-state index in [2.05, 4.69) is 28.1 Å². The van der Waals surface area contributed by atoms with E-state index in [1.54, 1.807) is 12.5 Å². The van der Waals surface area contributed by atoms with E-state index in [-0.39, 0.29) is 18.1 Å². The zero-order valence-corrected chi connectivity index (χ0v) is 16.1. The summed E-state index contributed by atoms with van der Waals surface area (Å²) >= 11 is 0. The van der Waals surface area contributed by atoms with Gasteiger partial charge in [0, 0.05) is 18.8 Å². The zero-order chi connectivity index (χ0) is 18.8. The predicted molar refractivity (Wildman–Crippen MR) is 103 cm³/mol. The molecule has 0 amide bonds. The third kappa shape index (κ3) is 3.72. The summed E-state index contributed by atoms with van der Waals surface area (Å²) < 4.78 is 12.9. The molecule has 1 atom stereocenters. The number of imidazole rings is 1. The number of esters is 1. The highest BCUT2D eigenvalue weighted by Gasteiger charge is 2.27. The van der Waals surface area contributed by atoms with Crippen molar-refractivity contribution in [3.63, 3.8) is 0 Å². The first-order valence-electron chi connectivity index (χ1n) is 9.82. The molecule has 0 N–H and O–H groups in total. The number of fused-ring (bicyclic) bond motifs is 1. The quantitative estimate of drug-likeness (QED) is 0.775. The second-order valence-electron chi connectivity index (χ2n) is 7.53. The summed E-state index contributed by atoms with van der Waals surface area (Å²) in [5.41, 5.74) is 4.41. The van der Waals surface area contributed by atoms with Gasteiger partial charge < -0.3 is 18.9 Å². The van der Waals surface area contributed by atoms with Crippen molar-refractivity contribution in [2.75, 3.05) is 31.2 Å².